The quantitative estimate of drug-likeness (QED) is 0.302. The van der Waals surface area contributed by atoms with Crippen LogP contribution in [0.3, 0.4) is 0 Å². The summed E-state index contributed by atoms with van der Waals surface area (Å²) < 4.78 is 29.9. The summed E-state index contributed by atoms with van der Waals surface area (Å²) in [6, 6.07) is 3.15. The van der Waals surface area contributed by atoms with E-state index in [2.05, 4.69) is 0 Å². The summed E-state index contributed by atoms with van der Waals surface area (Å²) >= 11 is 0. The highest BCUT2D eigenvalue weighted by Crippen LogP contribution is 2.52. The van der Waals surface area contributed by atoms with E-state index in [0.717, 1.165) is 11.1 Å². The first-order chi connectivity index (χ1) is 14.4. The lowest BCUT2D eigenvalue weighted by Crippen LogP contribution is -2.31. The molecule has 0 saturated carbocycles. The second kappa shape index (κ2) is 12.2. The maximum absolute atomic E-state index is 13.4. The summed E-state index contributed by atoms with van der Waals surface area (Å²) in [4.78, 5) is 21.8. The second-order valence-electron chi connectivity index (χ2n) is 7.75. The Kier molecular flexibility index (Phi) is 10.6. The lowest BCUT2D eigenvalue weighted by atomic mass is 9.94. The van der Waals surface area contributed by atoms with Crippen LogP contribution in [0.1, 0.15) is 63.5 Å². The van der Waals surface area contributed by atoms with Crippen LogP contribution in [0.4, 0.5) is 0 Å². The zero-order valence-electron chi connectivity index (χ0n) is 18.3. The SMILES string of the molecule is CC(C)c1cccc(C(C)C)c1OP(=O)(OCCC(N)C(=O)O)OCCC(N)C(=O)O. The van der Waals surface area contributed by atoms with Crippen LogP contribution >= 0.6 is 7.82 Å². The number of carboxylic acid groups (broad SMARTS) is 2. The monoisotopic (exact) mass is 460 g/mol. The van der Waals surface area contributed by atoms with Crippen molar-refractivity contribution >= 4 is 19.8 Å². The van der Waals surface area contributed by atoms with Crippen molar-refractivity contribution < 1.29 is 37.9 Å². The molecule has 1 rings (SSSR count). The Labute approximate surface area is 182 Å². The first-order valence-corrected chi connectivity index (χ1v) is 11.5. The van der Waals surface area contributed by atoms with Gasteiger partial charge in [-0.25, -0.2) is 4.57 Å². The van der Waals surface area contributed by atoms with Crippen LogP contribution in [0.2, 0.25) is 0 Å². The molecule has 0 amide bonds. The number of benzene rings is 1. The van der Waals surface area contributed by atoms with Crippen LogP contribution in [-0.4, -0.2) is 47.4 Å². The summed E-state index contributed by atoms with van der Waals surface area (Å²) in [7, 11) is -4.24. The zero-order valence-corrected chi connectivity index (χ0v) is 19.2. The molecule has 10 nitrogen and oxygen atoms in total. The third-order valence-corrected chi connectivity index (χ3v) is 5.92. The van der Waals surface area contributed by atoms with Crippen LogP contribution in [-0.2, 0) is 23.2 Å². The highest BCUT2D eigenvalue weighted by atomic mass is 31.2. The van der Waals surface area contributed by atoms with Crippen LogP contribution in [0.5, 0.6) is 5.75 Å². The summed E-state index contributed by atoms with van der Waals surface area (Å²) in [5.74, 6) is -1.99. The Bertz CT molecular complexity index is 743. The van der Waals surface area contributed by atoms with Gasteiger partial charge in [-0.3, -0.25) is 18.6 Å². The Morgan fingerprint density at radius 1 is 0.903 bits per heavy atom. The summed E-state index contributed by atoms with van der Waals surface area (Å²) in [5, 5.41) is 17.8. The van der Waals surface area contributed by atoms with Gasteiger partial charge in [-0.15, -0.1) is 0 Å². The molecule has 1 aromatic rings. The van der Waals surface area contributed by atoms with E-state index < -0.39 is 31.8 Å². The van der Waals surface area contributed by atoms with Crippen molar-refractivity contribution in [3.8, 4) is 5.75 Å². The lowest BCUT2D eigenvalue weighted by Gasteiger charge is -2.24. The molecular formula is C20H33N2O8P. The van der Waals surface area contributed by atoms with Crippen LogP contribution in [0.25, 0.3) is 0 Å². The minimum absolute atomic E-state index is 0.0445. The van der Waals surface area contributed by atoms with E-state index >= 15 is 0 Å². The van der Waals surface area contributed by atoms with Gasteiger partial charge in [0, 0.05) is 0 Å². The van der Waals surface area contributed by atoms with Crippen molar-refractivity contribution in [2.24, 2.45) is 11.5 Å². The van der Waals surface area contributed by atoms with Gasteiger partial charge in [-0.05, 0) is 35.8 Å². The molecule has 0 saturated heterocycles. The van der Waals surface area contributed by atoms with Gasteiger partial charge in [0.15, 0.2) is 0 Å². The van der Waals surface area contributed by atoms with E-state index in [4.69, 9.17) is 35.3 Å². The molecule has 11 heteroatoms. The van der Waals surface area contributed by atoms with Crippen molar-refractivity contribution in [3.63, 3.8) is 0 Å². The Balaban J connectivity index is 3.14. The molecule has 2 unspecified atom stereocenters. The fourth-order valence-electron chi connectivity index (χ4n) is 2.62. The van der Waals surface area contributed by atoms with Gasteiger partial charge in [-0.1, -0.05) is 45.9 Å². The first-order valence-electron chi connectivity index (χ1n) is 10.1. The molecule has 0 aliphatic heterocycles. The molecule has 0 bridgehead atoms. The van der Waals surface area contributed by atoms with Crippen LogP contribution in [0.15, 0.2) is 18.2 Å². The summed E-state index contributed by atoms with van der Waals surface area (Å²) in [5.41, 5.74) is 12.5. The first kappa shape index (κ1) is 27.1. The highest BCUT2D eigenvalue weighted by Gasteiger charge is 2.32. The fourth-order valence-corrected chi connectivity index (χ4v) is 3.89. The zero-order chi connectivity index (χ0) is 23.8. The van der Waals surface area contributed by atoms with Gasteiger partial charge in [0.05, 0.1) is 13.2 Å². The Morgan fingerprint density at radius 2 is 1.29 bits per heavy atom. The van der Waals surface area contributed by atoms with E-state index in [1.165, 1.54) is 0 Å². The predicted octanol–water partition coefficient (Wildman–Crippen LogP) is 3.06. The number of para-hydroxylation sites is 1. The molecule has 2 atom stereocenters. The van der Waals surface area contributed by atoms with Crippen molar-refractivity contribution in [1.82, 2.24) is 0 Å². The molecule has 31 heavy (non-hydrogen) atoms. The molecule has 0 aromatic heterocycles. The van der Waals surface area contributed by atoms with Gasteiger partial charge >= 0.3 is 19.8 Å². The minimum atomic E-state index is -4.24. The second-order valence-corrected chi connectivity index (χ2v) is 9.34. The lowest BCUT2D eigenvalue weighted by molar-refractivity contribution is -0.139. The number of hydrogen-bond donors (Lipinski definition) is 4. The molecule has 176 valence electrons. The van der Waals surface area contributed by atoms with E-state index in [9.17, 15) is 14.2 Å². The average Bonchev–Trinajstić information content (AvgIpc) is 2.67. The number of hydrogen-bond acceptors (Lipinski definition) is 8. The number of phosphoric acid groups is 1. The molecule has 1 aromatic carbocycles. The van der Waals surface area contributed by atoms with Gasteiger partial charge in [-0.2, -0.15) is 0 Å². The fraction of sp³-hybridized carbons (Fsp3) is 0.600. The van der Waals surface area contributed by atoms with E-state index in [-0.39, 0.29) is 37.9 Å². The number of rotatable bonds is 14. The third kappa shape index (κ3) is 8.59. The average molecular weight is 460 g/mol. The van der Waals surface area contributed by atoms with E-state index in [1.54, 1.807) is 0 Å². The highest BCUT2D eigenvalue weighted by molar-refractivity contribution is 7.48. The summed E-state index contributed by atoms with van der Waals surface area (Å²) in [6.45, 7) is 7.23. The number of carbonyl (C=O) groups is 2. The molecule has 0 fully saturated rings. The van der Waals surface area contributed by atoms with E-state index in [1.807, 2.05) is 45.9 Å². The van der Waals surface area contributed by atoms with Crippen molar-refractivity contribution in [1.29, 1.82) is 0 Å². The van der Waals surface area contributed by atoms with Crippen molar-refractivity contribution in [2.75, 3.05) is 13.2 Å². The van der Waals surface area contributed by atoms with Crippen LogP contribution < -0.4 is 16.0 Å². The largest absolute Gasteiger partial charge is 0.530 e. The van der Waals surface area contributed by atoms with Crippen molar-refractivity contribution in [2.45, 2.75) is 64.5 Å². The normalized spacial score (nSPS) is 15.5. The van der Waals surface area contributed by atoms with Gasteiger partial charge in [0.25, 0.3) is 0 Å². The van der Waals surface area contributed by atoms with Crippen molar-refractivity contribution in [3.05, 3.63) is 29.3 Å². The van der Waals surface area contributed by atoms with E-state index in [0.29, 0.717) is 5.75 Å². The number of aliphatic carboxylic acids is 2. The van der Waals surface area contributed by atoms with Gasteiger partial charge in [0.1, 0.15) is 17.8 Å². The van der Waals surface area contributed by atoms with Gasteiger partial charge < -0.3 is 26.2 Å². The smallest absolute Gasteiger partial charge is 0.480 e. The molecule has 6 N–H and O–H groups in total. The molecule has 0 aliphatic rings. The molecule has 0 spiro atoms. The maximum atomic E-state index is 13.4. The Hall–Kier alpha value is -1.97. The topological polar surface area (TPSA) is 171 Å². The molecule has 0 radical (unpaired) electrons. The molecular weight excluding hydrogens is 427 g/mol. The number of nitrogens with two attached hydrogens (primary N) is 2. The Morgan fingerprint density at radius 3 is 1.61 bits per heavy atom. The standard InChI is InChI=1S/C20H33N2O8P/c1-12(2)14-6-5-7-15(13(3)4)18(14)30-31(27,28-10-8-16(21)19(23)24)29-11-9-17(22)20(25)26/h5-7,12-13,16-17H,8-11,21-22H2,1-4H3,(H,23,24)(H,25,26). The maximum Gasteiger partial charge on any atom is 0.530 e. The van der Waals surface area contributed by atoms with Crippen LogP contribution in [0, 0.1) is 0 Å². The molecule has 0 heterocycles. The predicted molar refractivity (Wildman–Crippen MR) is 115 cm³/mol. The third-order valence-electron chi connectivity index (χ3n) is 4.51. The number of phosphoric ester groups is 1. The summed E-state index contributed by atoms with van der Waals surface area (Å²) in [6.07, 6.45) is -0.243. The molecule has 0 aliphatic carbocycles. The minimum Gasteiger partial charge on any atom is -0.480 e. The number of carboxylic acids is 2. The van der Waals surface area contributed by atoms with Gasteiger partial charge in [0.2, 0.25) is 0 Å².